The van der Waals surface area contributed by atoms with Crippen molar-refractivity contribution in [3.05, 3.63) is 0 Å². The lowest BCUT2D eigenvalue weighted by molar-refractivity contribution is -0.131. The van der Waals surface area contributed by atoms with Crippen molar-refractivity contribution in [1.29, 1.82) is 0 Å². The number of hydrogen-bond donors (Lipinski definition) is 1. The molecule has 15 heavy (non-hydrogen) atoms. The molecule has 1 saturated heterocycles. The van der Waals surface area contributed by atoms with Crippen LogP contribution >= 0.6 is 12.2 Å². The van der Waals surface area contributed by atoms with Crippen molar-refractivity contribution < 1.29 is 4.79 Å². The average Bonchev–Trinajstić information content (AvgIpc) is 2.64. The zero-order chi connectivity index (χ0) is 11.4. The van der Waals surface area contributed by atoms with E-state index in [1.165, 1.54) is 12.8 Å². The molecular weight excluding hydrogens is 208 g/mol. The van der Waals surface area contributed by atoms with Crippen LogP contribution in [0.2, 0.25) is 0 Å². The Morgan fingerprint density at radius 1 is 1.67 bits per heavy atom. The first-order valence-electron chi connectivity index (χ1n) is 5.64. The van der Waals surface area contributed by atoms with Crippen LogP contribution in [-0.4, -0.2) is 28.9 Å². The quantitative estimate of drug-likeness (QED) is 0.743. The molecule has 0 radical (unpaired) electrons. The van der Waals surface area contributed by atoms with Crippen LogP contribution in [0, 0.1) is 11.8 Å². The minimum Gasteiger partial charge on any atom is -0.393 e. The Kier molecular flexibility index (Phi) is 4.51. The fraction of sp³-hybridized carbons (Fsp3) is 0.818. The van der Waals surface area contributed by atoms with Gasteiger partial charge in [0.15, 0.2) is 0 Å². The van der Waals surface area contributed by atoms with E-state index in [0.717, 1.165) is 19.5 Å². The number of amides is 1. The second-order valence-electron chi connectivity index (χ2n) is 4.35. The Labute approximate surface area is 97.0 Å². The third kappa shape index (κ3) is 3.16. The van der Waals surface area contributed by atoms with Gasteiger partial charge < -0.3 is 10.6 Å². The molecule has 0 aromatic rings. The van der Waals surface area contributed by atoms with Gasteiger partial charge in [-0.1, -0.05) is 25.6 Å². The zero-order valence-electron chi connectivity index (χ0n) is 9.53. The SMILES string of the molecule is CCCC1CCN(C(=O)C(C)C(N)=S)C1. The summed E-state index contributed by atoms with van der Waals surface area (Å²) in [5.41, 5.74) is 5.48. The molecule has 1 aliphatic heterocycles. The van der Waals surface area contributed by atoms with E-state index in [1.54, 1.807) is 6.92 Å². The lowest BCUT2D eigenvalue weighted by Crippen LogP contribution is -2.38. The fourth-order valence-corrected chi connectivity index (χ4v) is 2.17. The number of thiocarbonyl (C=S) groups is 1. The minimum atomic E-state index is -0.305. The lowest BCUT2D eigenvalue weighted by Gasteiger charge is -2.20. The van der Waals surface area contributed by atoms with Gasteiger partial charge in [-0.15, -0.1) is 0 Å². The van der Waals surface area contributed by atoms with Crippen LogP contribution in [0.15, 0.2) is 0 Å². The van der Waals surface area contributed by atoms with Gasteiger partial charge in [0.2, 0.25) is 5.91 Å². The lowest BCUT2D eigenvalue weighted by atomic mass is 10.0. The second-order valence-corrected chi connectivity index (χ2v) is 4.82. The molecule has 1 fully saturated rings. The molecule has 2 N–H and O–H groups in total. The van der Waals surface area contributed by atoms with Crippen LogP contribution in [0.3, 0.4) is 0 Å². The van der Waals surface area contributed by atoms with Crippen molar-refractivity contribution in [2.45, 2.75) is 33.1 Å². The molecule has 0 aromatic carbocycles. The summed E-state index contributed by atoms with van der Waals surface area (Å²) in [4.78, 5) is 14.1. The van der Waals surface area contributed by atoms with Gasteiger partial charge in [-0.3, -0.25) is 4.79 Å². The Bertz CT molecular complexity index is 255. The number of rotatable bonds is 4. The maximum Gasteiger partial charge on any atom is 0.232 e. The maximum atomic E-state index is 11.9. The highest BCUT2D eigenvalue weighted by Gasteiger charge is 2.29. The molecule has 1 rings (SSSR count). The molecule has 0 aliphatic carbocycles. The number of carbonyl (C=O) groups excluding carboxylic acids is 1. The Hall–Kier alpha value is -0.640. The Balaban J connectivity index is 2.46. The van der Waals surface area contributed by atoms with E-state index in [2.05, 4.69) is 6.92 Å². The smallest absolute Gasteiger partial charge is 0.232 e. The predicted octanol–water partition coefficient (Wildman–Crippen LogP) is 1.56. The first-order valence-corrected chi connectivity index (χ1v) is 6.05. The van der Waals surface area contributed by atoms with Crippen molar-refractivity contribution in [3.63, 3.8) is 0 Å². The second kappa shape index (κ2) is 5.45. The van der Waals surface area contributed by atoms with Gasteiger partial charge >= 0.3 is 0 Å². The van der Waals surface area contributed by atoms with Gasteiger partial charge in [0.1, 0.15) is 0 Å². The van der Waals surface area contributed by atoms with Crippen LogP contribution in [0.5, 0.6) is 0 Å². The van der Waals surface area contributed by atoms with E-state index in [9.17, 15) is 4.79 Å². The highest BCUT2D eigenvalue weighted by atomic mass is 32.1. The Morgan fingerprint density at radius 3 is 2.87 bits per heavy atom. The van der Waals surface area contributed by atoms with Crippen molar-refractivity contribution >= 4 is 23.1 Å². The van der Waals surface area contributed by atoms with Crippen LogP contribution < -0.4 is 5.73 Å². The van der Waals surface area contributed by atoms with Gasteiger partial charge in [-0.25, -0.2) is 0 Å². The maximum absolute atomic E-state index is 11.9. The third-order valence-electron chi connectivity index (χ3n) is 3.09. The molecular formula is C11H20N2OS. The Morgan fingerprint density at radius 2 is 2.33 bits per heavy atom. The summed E-state index contributed by atoms with van der Waals surface area (Å²) in [6.07, 6.45) is 3.53. The molecule has 1 heterocycles. The molecule has 1 aliphatic rings. The molecule has 0 bridgehead atoms. The molecule has 86 valence electrons. The summed E-state index contributed by atoms with van der Waals surface area (Å²) in [6.45, 7) is 5.73. The number of hydrogen-bond acceptors (Lipinski definition) is 2. The van der Waals surface area contributed by atoms with E-state index in [-0.39, 0.29) is 11.8 Å². The van der Waals surface area contributed by atoms with E-state index < -0.39 is 0 Å². The van der Waals surface area contributed by atoms with Crippen LogP contribution in [0.1, 0.15) is 33.1 Å². The number of nitrogens with two attached hydrogens (primary N) is 1. The third-order valence-corrected chi connectivity index (χ3v) is 3.45. The highest BCUT2D eigenvalue weighted by molar-refractivity contribution is 7.80. The summed E-state index contributed by atoms with van der Waals surface area (Å²) in [7, 11) is 0. The number of nitrogens with zero attached hydrogens (tertiary/aromatic N) is 1. The van der Waals surface area contributed by atoms with Crippen molar-refractivity contribution in [1.82, 2.24) is 4.90 Å². The van der Waals surface area contributed by atoms with E-state index in [4.69, 9.17) is 18.0 Å². The van der Waals surface area contributed by atoms with E-state index in [0.29, 0.717) is 10.9 Å². The summed E-state index contributed by atoms with van der Waals surface area (Å²) in [5, 5.41) is 0. The topological polar surface area (TPSA) is 46.3 Å². The molecule has 0 saturated carbocycles. The molecule has 1 amide bonds. The molecule has 0 spiro atoms. The number of likely N-dealkylation sites (tertiary alicyclic amines) is 1. The zero-order valence-corrected chi connectivity index (χ0v) is 10.3. The average molecular weight is 228 g/mol. The van der Waals surface area contributed by atoms with Gasteiger partial charge in [0.25, 0.3) is 0 Å². The number of carbonyl (C=O) groups is 1. The monoisotopic (exact) mass is 228 g/mol. The summed E-state index contributed by atoms with van der Waals surface area (Å²) >= 11 is 4.84. The van der Waals surface area contributed by atoms with E-state index >= 15 is 0 Å². The van der Waals surface area contributed by atoms with Crippen molar-refractivity contribution in [2.75, 3.05) is 13.1 Å². The van der Waals surface area contributed by atoms with Crippen molar-refractivity contribution in [2.24, 2.45) is 17.6 Å². The molecule has 0 aromatic heterocycles. The van der Waals surface area contributed by atoms with E-state index in [1.807, 2.05) is 4.90 Å². The van der Waals surface area contributed by atoms with Gasteiger partial charge in [0, 0.05) is 13.1 Å². The molecule has 3 nitrogen and oxygen atoms in total. The summed E-state index contributed by atoms with van der Waals surface area (Å²) < 4.78 is 0. The van der Waals surface area contributed by atoms with Crippen molar-refractivity contribution in [3.8, 4) is 0 Å². The highest BCUT2D eigenvalue weighted by Crippen LogP contribution is 2.22. The van der Waals surface area contributed by atoms with Gasteiger partial charge in [-0.2, -0.15) is 0 Å². The normalized spacial score (nSPS) is 22.8. The largest absolute Gasteiger partial charge is 0.393 e. The minimum absolute atomic E-state index is 0.0982. The van der Waals surface area contributed by atoms with Gasteiger partial charge in [0.05, 0.1) is 10.9 Å². The molecule has 4 heteroatoms. The van der Waals surface area contributed by atoms with Crippen LogP contribution in [0.25, 0.3) is 0 Å². The summed E-state index contributed by atoms with van der Waals surface area (Å²) in [5.74, 6) is 0.471. The molecule has 2 atom stereocenters. The first kappa shape index (κ1) is 12.4. The molecule has 2 unspecified atom stereocenters. The van der Waals surface area contributed by atoms with Crippen LogP contribution in [0.4, 0.5) is 0 Å². The summed E-state index contributed by atoms with van der Waals surface area (Å²) in [6, 6.07) is 0. The first-order chi connectivity index (χ1) is 7.06. The van der Waals surface area contributed by atoms with Gasteiger partial charge in [-0.05, 0) is 25.7 Å². The standard InChI is InChI=1S/C11H20N2OS/c1-3-4-9-5-6-13(7-9)11(14)8(2)10(12)15/h8-9H,3-7H2,1-2H3,(H2,12,15). The fourth-order valence-electron chi connectivity index (χ4n) is 2.07. The predicted molar refractivity (Wildman–Crippen MR) is 65.5 cm³/mol. The van der Waals surface area contributed by atoms with Crippen LogP contribution in [-0.2, 0) is 4.79 Å².